The zero-order valence-electron chi connectivity index (χ0n) is 12.5. The molecule has 4 nitrogen and oxygen atoms in total. The molecule has 1 aliphatic rings. The van der Waals surface area contributed by atoms with E-state index in [4.69, 9.17) is 11.6 Å². The van der Waals surface area contributed by atoms with Gasteiger partial charge in [0, 0.05) is 25.6 Å². The van der Waals surface area contributed by atoms with Crippen molar-refractivity contribution in [1.29, 1.82) is 0 Å². The molecule has 5 heteroatoms. The van der Waals surface area contributed by atoms with Gasteiger partial charge < -0.3 is 15.3 Å². The zero-order chi connectivity index (χ0) is 16.6. The van der Waals surface area contributed by atoms with Crippen LogP contribution in [0.2, 0.25) is 5.02 Å². The summed E-state index contributed by atoms with van der Waals surface area (Å²) >= 11 is 6.26. The highest BCUT2D eigenvalue weighted by Gasteiger charge is 2.30. The van der Waals surface area contributed by atoms with E-state index in [0.717, 1.165) is 23.2 Å². The van der Waals surface area contributed by atoms with Crippen LogP contribution in [0.4, 0.5) is 0 Å². The van der Waals surface area contributed by atoms with E-state index in [-0.39, 0.29) is 28.2 Å². The first-order valence-corrected chi connectivity index (χ1v) is 7.74. The summed E-state index contributed by atoms with van der Waals surface area (Å²) < 4.78 is 0. The number of nitrogens with zero attached hydrogens (tertiary/aromatic N) is 1. The number of rotatable bonds is 3. The van der Waals surface area contributed by atoms with Gasteiger partial charge >= 0.3 is 0 Å². The lowest BCUT2D eigenvalue weighted by Crippen LogP contribution is -2.34. The number of hydrogen-bond acceptors (Lipinski definition) is 4. The third-order valence-corrected chi connectivity index (χ3v) is 4.64. The first-order valence-electron chi connectivity index (χ1n) is 7.36. The van der Waals surface area contributed by atoms with Crippen molar-refractivity contribution in [1.82, 2.24) is 4.90 Å². The Labute approximate surface area is 139 Å². The highest BCUT2D eigenvalue weighted by Crippen LogP contribution is 2.44. The van der Waals surface area contributed by atoms with Gasteiger partial charge in [-0.2, -0.15) is 0 Å². The van der Waals surface area contributed by atoms with Gasteiger partial charge in [-0.15, -0.1) is 6.58 Å². The van der Waals surface area contributed by atoms with E-state index in [1.165, 1.54) is 0 Å². The highest BCUT2D eigenvalue weighted by atomic mass is 35.5. The average Bonchev–Trinajstić information content (AvgIpc) is 2.54. The molecule has 3 N–H and O–H groups in total. The van der Waals surface area contributed by atoms with Crippen molar-refractivity contribution in [3.63, 3.8) is 0 Å². The molecule has 1 heterocycles. The van der Waals surface area contributed by atoms with Crippen LogP contribution < -0.4 is 0 Å². The van der Waals surface area contributed by atoms with Crippen LogP contribution in [0.5, 0.6) is 17.2 Å². The monoisotopic (exact) mass is 331 g/mol. The average molecular weight is 332 g/mol. The maximum Gasteiger partial charge on any atom is 0.176 e. The molecular weight excluding hydrogens is 314 g/mol. The van der Waals surface area contributed by atoms with Gasteiger partial charge in [0.05, 0.1) is 5.02 Å². The summed E-state index contributed by atoms with van der Waals surface area (Å²) in [4.78, 5) is 2.18. The van der Waals surface area contributed by atoms with Crippen LogP contribution in [0.3, 0.4) is 0 Å². The predicted octanol–water partition coefficient (Wildman–Crippen LogP) is 3.59. The van der Waals surface area contributed by atoms with Crippen LogP contribution in [-0.4, -0.2) is 33.3 Å². The summed E-state index contributed by atoms with van der Waals surface area (Å²) in [5.74, 6) is -0.298. The number of hydrogen-bond donors (Lipinski definition) is 3. The van der Waals surface area contributed by atoms with Crippen LogP contribution in [-0.2, 0) is 6.54 Å². The van der Waals surface area contributed by atoms with Gasteiger partial charge in [0.25, 0.3) is 0 Å². The lowest BCUT2D eigenvalue weighted by molar-refractivity contribution is 0.265. The Morgan fingerprint density at radius 2 is 1.91 bits per heavy atom. The molecule has 3 rings (SSSR count). The first-order chi connectivity index (χ1) is 11.0. The van der Waals surface area contributed by atoms with E-state index in [0.29, 0.717) is 13.1 Å². The Balaban J connectivity index is 2.13. The van der Waals surface area contributed by atoms with Gasteiger partial charge in [-0.25, -0.2) is 0 Å². The molecule has 0 saturated carbocycles. The van der Waals surface area contributed by atoms with Crippen molar-refractivity contribution in [2.24, 2.45) is 0 Å². The summed E-state index contributed by atoms with van der Waals surface area (Å²) in [6.45, 7) is 5.80. The van der Waals surface area contributed by atoms with Crippen LogP contribution in [0, 0.1) is 0 Å². The molecule has 0 fully saturated rings. The molecule has 0 bridgehead atoms. The largest absolute Gasteiger partial charge is 0.508 e. The molecule has 1 aliphatic heterocycles. The fourth-order valence-electron chi connectivity index (χ4n) is 3.11. The number of aromatic hydroxyl groups is 3. The maximum atomic E-state index is 9.93. The molecule has 23 heavy (non-hydrogen) atoms. The predicted molar refractivity (Wildman–Crippen MR) is 90.2 cm³/mol. The third-order valence-electron chi connectivity index (χ3n) is 4.24. The molecule has 0 aliphatic carbocycles. The van der Waals surface area contributed by atoms with Crippen molar-refractivity contribution < 1.29 is 15.3 Å². The molecule has 120 valence electrons. The second-order valence-corrected chi connectivity index (χ2v) is 6.13. The number of fused-ring (bicyclic) bond motifs is 1. The van der Waals surface area contributed by atoms with Crippen molar-refractivity contribution in [2.75, 3.05) is 13.1 Å². The van der Waals surface area contributed by atoms with E-state index in [1.54, 1.807) is 18.2 Å². The van der Waals surface area contributed by atoms with E-state index < -0.39 is 0 Å². The van der Waals surface area contributed by atoms with Gasteiger partial charge in [0.2, 0.25) is 0 Å². The van der Waals surface area contributed by atoms with Crippen molar-refractivity contribution in [3.05, 3.63) is 64.7 Å². The summed E-state index contributed by atoms with van der Waals surface area (Å²) in [7, 11) is 0. The second-order valence-electron chi connectivity index (χ2n) is 5.75. The van der Waals surface area contributed by atoms with Crippen LogP contribution >= 0.6 is 11.6 Å². The van der Waals surface area contributed by atoms with Gasteiger partial charge in [-0.05, 0) is 34.9 Å². The fourth-order valence-corrected chi connectivity index (χ4v) is 3.38. The second kappa shape index (κ2) is 6.14. The molecule has 2 aromatic rings. The standard InChI is InChI=1S/C18H18ClNO3/c1-2-7-20-9-14(11-3-5-12(21)6-4-11)13-8-16(22)18(23)17(19)15(13)10-20/h2-6,8,14,21-23H,1,7,9-10H2. The Morgan fingerprint density at radius 3 is 2.57 bits per heavy atom. The lowest BCUT2D eigenvalue weighted by atomic mass is 9.84. The molecule has 2 aromatic carbocycles. The van der Waals surface area contributed by atoms with Crippen molar-refractivity contribution >= 4 is 11.6 Å². The lowest BCUT2D eigenvalue weighted by Gasteiger charge is -2.35. The minimum absolute atomic E-state index is 0.0108. The quantitative estimate of drug-likeness (QED) is 0.594. The van der Waals surface area contributed by atoms with Crippen molar-refractivity contribution in [3.8, 4) is 17.2 Å². The number of benzene rings is 2. The fraction of sp³-hybridized carbons (Fsp3) is 0.222. The number of phenolic OH excluding ortho intramolecular Hbond substituents is 3. The van der Waals surface area contributed by atoms with E-state index >= 15 is 0 Å². The Morgan fingerprint density at radius 1 is 1.22 bits per heavy atom. The Kier molecular flexibility index (Phi) is 4.20. The topological polar surface area (TPSA) is 63.9 Å². The van der Waals surface area contributed by atoms with E-state index in [2.05, 4.69) is 11.5 Å². The Bertz CT molecular complexity index is 743. The molecule has 0 aromatic heterocycles. The minimum Gasteiger partial charge on any atom is -0.508 e. The summed E-state index contributed by atoms with van der Waals surface area (Å²) in [5, 5.41) is 29.5. The van der Waals surface area contributed by atoms with Gasteiger partial charge in [-0.3, -0.25) is 4.90 Å². The number of halogens is 1. The highest BCUT2D eigenvalue weighted by molar-refractivity contribution is 6.33. The molecular formula is C18H18ClNO3. The first kappa shape index (κ1) is 15.7. The minimum atomic E-state index is -0.282. The van der Waals surface area contributed by atoms with Crippen LogP contribution in [0.1, 0.15) is 22.6 Å². The Hall–Kier alpha value is -2.17. The third kappa shape index (κ3) is 2.87. The van der Waals surface area contributed by atoms with Crippen LogP contribution in [0.25, 0.3) is 0 Å². The maximum absolute atomic E-state index is 9.93. The van der Waals surface area contributed by atoms with Crippen LogP contribution in [0.15, 0.2) is 43.0 Å². The summed E-state index contributed by atoms with van der Waals surface area (Å²) in [6, 6.07) is 8.59. The molecule has 0 saturated heterocycles. The molecule has 0 amide bonds. The van der Waals surface area contributed by atoms with Gasteiger partial charge in [0.15, 0.2) is 11.5 Å². The molecule has 1 atom stereocenters. The summed E-state index contributed by atoms with van der Waals surface area (Å²) in [5.41, 5.74) is 2.73. The normalized spacial score (nSPS) is 17.7. The molecule has 0 radical (unpaired) electrons. The zero-order valence-corrected chi connectivity index (χ0v) is 13.3. The van der Waals surface area contributed by atoms with Gasteiger partial charge in [0.1, 0.15) is 5.75 Å². The molecule has 1 unspecified atom stereocenters. The molecule has 0 spiro atoms. The number of phenols is 3. The van der Waals surface area contributed by atoms with E-state index in [9.17, 15) is 15.3 Å². The smallest absolute Gasteiger partial charge is 0.176 e. The summed E-state index contributed by atoms with van der Waals surface area (Å²) in [6.07, 6.45) is 1.83. The SMILES string of the molecule is C=CCN1Cc2c(cc(O)c(O)c2Cl)C(c2ccc(O)cc2)C1. The van der Waals surface area contributed by atoms with Gasteiger partial charge in [-0.1, -0.05) is 29.8 Å². The van der Waals surface area contributed by atoms with E-state index in [1.807, 2.05) is 18.2 Å². The van der Waals surface area contributed by atoms with Crippen molar-refractivity contribution in [2.45, 2.75) is 12.5 Å².